The van der Waals surface area contributed by atoms with E-state index in [1.54, 1.807) is 68.4 Å². The van der Waals surface area contributed by atoms with Crippen LogP contribution in [0.15, 0.2) is 72.8 Å². The van der Waals surface area contributed by atoms with Gasteiger partial charge in [-0.15, -0.1) is 0 Å². The molecule has 1 aliphatic heterocycles. The Morgan fingerprint density at radius 1 is 0.879 bits per heavy atom. The van der Waals surface area contributed by atoms with Crippen LogP contribution in [0.25, 0.3) is 0 Å². The van der Waals surface area contributed by atoms with Gasteiger partial charge in [0.1, 0.15) is 5.75 Å². The predicted molar refractivity (Wildman–Crippen MR) is 124 cm³/mol. The molecule has 9 heteroatoms. The molecule has 1 aliphatic rings. The topological polar surface area (TPSA) is 53.0 Å². The van der Waals surface area contributed by atoms with Crippen molar-refractivity contribution in [2.75, 3.05) is 9.80 Å². The molecule has 172 valence electrons. The predicted octanol–water partition coefficient (Wildman–Crippen LogP) is 6.67. The minimum atomic E-state index is -3.04. The maximum absolute atomic E-state index is 13.8. The lowest BCUT2D eigenvalue weighted by atomic mass is 9.83. The molecule has 33 heavy (non-hydrogen) atoms. The summed E-state index contributed by atoms with van der Waals surface area (Å²) in [4.78, 5) is 16.5. The Hall–Kier alpha value is -2.87. The third kappa shape index (κ3) is 3.90. The molecule has 4 rings (SSSR count). The van der Waals surface area contributed by atoms with Crippen molar-refractivity contribution in [2.45, 2.75) is 31.7 Å². The number of urea groups is 1. The quantitative estimate of drug-likeness (QED) is 0.432. The number of halogens is 4. The largest absolute Gasteiger partial charge is 0.435 e. The van der Waals surface area contributed by atoms with Gasteiger partial charge in [-0.3, -0.25) is 9.80 Å². The molecule has 3 aromatic carbocycles. The normalized spacial score (nSPS) is 19.9. The highest BCUT2D eigenvalue weighted by atomic mass is 35.5. The number of ether oxygens (including phenoxy) is 1. The summed E-state index contributed by atoms with van der Waals surface area (Å²) in [5.74, 6) is -0.139. The zero-order chi connectivity index (χ0) is 24.0. The first-order valence-corrected chi connectivity index (χ1v) is 10.7. The standard InChI is InChI=1S/C24H20Cl2F2N2O3/c1-23(2)24(32,15-4-3-5-20(14-15)33-21(27)28)30(19-12-8-17(26)9-13-19)22(31)29(23)18-10-6-16(25)7-11-18/h3-14,21,32H,1-2H3. The molecule has 3 aromatic rings. The molecule has 0 radical (unpaired) electrons. The number of hydrogen-bond acceptors (Lipinski definition) is 3. The molecular weight excluding hydrogens is 473 g/mol. The van der Waals surface area contributed by atoms with Gasteiger partial charge >= 0.3 is 12.6 Å². The number of alkyl halides is 2. The van der Waals surface area contributed by atoms with E-state index >= 15 is 0 Å². The van der Waals surface area contributed by atoms with Gasteiger partial charge in [-0.05, 0) is 74.5 Å². The molecule has 0 spiro atoms. The molecule has 0 aromatic heterocycles. The fourth-order valence-electron chi connectivity index (χ4n) is 4.19. The van der Waals surface area contributed by atoms with Crippen molar-refractivity contribution in [3.05, 3.63) is 88.4 Å². The number of carbonyl (C=O) groups is 1. The van der Waals surface area contributed by atoms with Crippen LogP contribution in [0, 0.1) is 0 Å². The maximum atomic E-state index is 13.8. The Morgan fingerprint density at radius 2 is 1.39 bits per heavy atom. The van der Waals surface area contributed by atoms with Crippen molar-refractivity contribution < 1.29 is 23.4 Å². The molecule has 0 saturated carbocycles. The van der Waals surface area contributed by atoms with Crippen molar-refractivity contribution >= 4 is 40.6 Å². The van der Waals surface area contributed by atoms with Gasteiger partial charge in [0.15, 0.2) is 5.72 Å². The molecule has 5 nitrogen and oxygen atoms in total. The minimum absolute atomic E-state index is 0.139. The number of benzene rings is 3. The molecule has 0 aliphatic carbocycles. The van der Waals surface area contributed by atoms with Gasteiger partial charge in [0.25, 0.3) is 0 Å². The first-order valence-electron chi connectivity index (χ1n) is 9.99. The first-order chi connectivity index (χ1) is 15.6. The second-order valence-electron chi connectivity index (χ2n) is 8.04. The van der Waals surface area contributed by atoms with Gasteiger partial charge in [-0.1, -0.05) is 35.3 Å². The van der Waals surface area contributed by atoms with Crippen molar-refractivity contribution in [1.29, 1.82) is 0 Å². The molecular formula is C24H20Cl2F2N2O3. The van der Waals surface area contributed by atoms with Crippen LogP contribution in [0.3, 0.4) is 0 Å². The monoisotopic (exact) mass is 492 g/mol. The number of aliphatic hydroxyl groups is 1. The lowest BCUT2D eigenvalue weighted by Crippen LogP contribution is -2.56. The molecule has 1 atom stereocenters. The summed E-state index contributed by atoms with van der Waals surface area (Å²) in [7, 11) is 0. The summed E-state index contributed by atoms with van der Waals surface area (Å²) in [5, 5.41) is 13.2. The van der Waals surface area contributed by atoms with Gasteiger partial charge in [0.2, 0.25) is 0 Å². The van der Waals surface area contributed by atoms with Crippen LogP contribution in [0.4, 0.5) is 25.0 Å². The van der Waals surface area contributed by atoms with Crippen LogP contribution in [-0.4, -0.2) is 23.3 Å². The molecule has 1 fully saturated rings. The maximum Gasteiger partial charge on any atom is 0.387 e. The summed E-state index contributed by atoms with van der Waals surface area (Å²) in [6, 6.07) is 18.2. The second kappa shape index (κ2) is 8.48. The highest BCUT2D eigenvalue weighted by molar-refractivity contribution is 6.31. The average Bonchev–Trinajstić information content (AvgIpc) is 2.92. The highest BCUT2D eigenvalue weighted by Gasteiger charge is 2.64. The number of carbonyl (C=O) groups excluding carboxylic acids is 1. The lowest BCUT2D eigenvalue weighted by Gasteiger charge is -2.42. The van der Waals surface area contributed by atoms with E-state index in [0.29, 0.717) is 21.4 Å². The fraction of sp³-hybridized carbons (Fsp3) is 0.208. The van der Waals surface area contributed by atoms with Crippen LogP contribution < -0.4 is 14.5 Å². The molecule has 1 N–H and O–H groups in total. The minimum Gasteiger partial charge on any atom is -0.435 e. The molecule has 2 amide bonds. The van der Waals surface area contributed by atoms with E-state index in [1.165, 1.54) is 28.0 Å². The van der Waals surface area contributed by atoms with Crippen molar-refractivity contribution in [1.82, 2.24) is 0 Å². The molecule has 1 unspecified atom stereocenters. The lowest BCUT2D eigenvalue weighted by molar-refractivity contribution is -0.0505. The summed E-state index contributed by atoms with van der Waals surface area (Å²) < 4.78 is 30.2. The van der Waals surface area contributed by atoms with Crippen LogP contribution in [0.1, 0.15) is 19.4 Å². The number of nitrogens with zero attached hydrogens (tertiary/aromatic N) is 2. The van der Waals surface area contributed by atoms with Crippen LogP contribution in [0.5, 0.6) is 5.75 Å². The van der Waals surface area contributed by atoms with Gasteiger partial charge in [-0.2, -0.15) is 8.78 Å². The Labute approximate surface area is 199 Å². The van der Waals surface area contributed by atoms with Gasteiger partial charge < -0.3 is 9.84 Å². The summed E-state index contributed by atoms with van der Waals surface area (Å²) in [6.07, 6.45) is 0. The Kier molecular flexibility index (Phi) is 5.99. The van der Waals surface area contributed by atoms with Gasteiger partial charge in [0.05, 0.1) is 5.54 Å². The van der Waals surface area contributed by atoms with E-state index in [2.05, 4.69) is 4.74 Å². The molecule has 0 bridgehead atoms. The van der Waals surface area contributed by atoms with E-state index in [4.69, 9.17) is 23.2 Å². The summed E-state index contributed by atoms with van der Waals surface area (Å²) in [6.45, 7) is 0.345. The van der Waals surface area contributed by atoms with Crippen LogP contribution >= 0.6 is 23.2 Å². The van der Waals surface area contributed by atoms with E-state index in [1.807, 2.05) is 0 Å². The first kappa shape index (κ1) is 23.3. The van der Waals surface area contributed by atoms with E-state index in [0.717, 1.165) is 0 Å². The zero-order valence-electron chi connectivity index (χ0n) is 17.7. The van der Waals surface area contributed by atoms with E-state index in [9.17, 15) is 18.7 Å². The Bertz CT molecular complexity index is 1170. The van der Waals surface area contributed by atoms with Crippen molar-refractivity contribution in [3.8, 4) is 5.75 Å². The van der Waals surface area contributed by atoms with Crippen molar-refractivity contribution in [3.63, 3.8) is 0 Å². The highest BCUT2D eigenvalue weighted by Crippen LogP contribution is 2.51. The van der Waals surface area contributed by atoms with Crippen LogP contribution in [0.2, 0.25) is 10.0 Å². The van der Waals surface area contributed by atoms with Crippen molar-refractivity contribution in [2.24, 2.45) is 0 Å². The van der Waals surface area contributed by atoms with Gasteiger partial charge in [0, 0.05) is 27.0 Å². The van der Waals surface area contributed by atoms with E-state index in [-0.39, 0.29) is 11.3 Å². The molecule has 1 heterocycles. The molecule has 1 saturated heterocycles. The number of rotatable bonds is 5. The number of anilines is 2. The fourth-order valence-corrected chi connectivity index (χ4v) is 4.44. The summed E-state index contributed by atoms with van der Waals surface area (Å²) in [5.41, 5.74) is -2.16. The van der Waals surface area contributed by atoms with Crippen LogP contribution in [-0.2, 0) is 5.72 Å². The Morgan fingerprint density at radius 3 is 1.91 bits per heavy atom. The Balaban J connectivity index is 1.93. The van der Waals surface area contributed by atoms with Gasteiger partial charge in [-0.25, -0.2) is 4.79 Å². The van der Waals surface area contributed by atoms with E-state index < -0.39 is 23.9 Å². The zero-order valence-corrected chi connectivity index (χ0v) is 19.2. The second-order valence-corrected chi connectivity index (χ2v) is 8.92. The number of hydrogen-bond donors (Lipinski definition) is 1. The third-order valence-electron chi connectivity index (χ3n) is 5.75. The smallest absolute Gasteiger partial charge is 0.387 e. The summed E-state index contributed by atoms with van der Waals surface area (Å²) >= 11 is 12.1. The average molecular weight is 493 g/mol. The number of amides is 2. The SMILES string of the molecule is CC1(C)N(c2ccc(Cl)cc2)C(=O)N(c2ccc(Cl)cc2)C1(O)c1cccc(OC(F)F)c1. The third-order valence-corrected chi connectivity index (χ3v) is 6.25.